The number of carbonyl (C=O) groups excluding carboxylic acids is 3. The summed E-state index contributed by atoms with van der Waals surface area (Å²) in [6, 6.07) is 15.8. The zero-order valence-electron chi connectivity index (χ0n) is 20.9. The quantitative estimate of drug-likeness (QED) is 0.239. The van der Waals surface area contributed by atoms with Gasteiger partial charge in [-0.1, -0.05) is 41.4 Å². The highest BCUT2D eigenvalue weighted by atomic mass is 79.9. The van der Waals surface area contributed by atoms with Crippen molar-refractivity contribution in [1.29, 1.82) is 0 Å². The van der Waals surface area contributed by atoms with Crippen molar-refractivity contribution in [2.75, 3.05) is 18.5 Å². The van der Waals surface area contributed by atoms with Gasteiger partial charge in [0.1, 0.15) is 0 Å². The monoisotopic (exact) mass is 648 g/mol. The number of nitrogens with zero attached hydrogens (tertiary/aromatic N) is 1. The minimum Gasteiger partial charge on any atom is -0.490 e. The number of amides is 3. The van der Waals surface area contributed by atoms with Crippen molar-refractivity contribution in [3.63, 3.8) is 0 Å². The molecule has 1 fully saturated rings. The van der Waals surface area contributed by atoms with E-state index < -0.39 is 5.91 Å². The van der Waals surface area contributed by atoms with Gasteiger partial charge in [0.15, 0.2) is 18.1 Å². The summed E-state index contributed by atoms with van der Waals surface area (Å²) in [5.41, 5.74) is 3.00. The van der Waals surface area contributed by atoms with Gasteiger partial charge in [-0.25, -0.2) is 0 Å². The number of hydrogen-bond acceptors (Lipinski definition) is 6. The maximum Gasteiger partial charge on any atom is 0.293 e. The minimum atomic E-state index is -0.418. The summed E-state index contributed by atoms with van der Waals surface area (Å²) < 4.78 is 12.1. The topological polar surface area (TPSA) is 84.9 Å². The van der Waals surface area contributed by atoms with E-state index in [9.17, 15) is 14.4 Å². The van der Waals surface area contributed by atoms with Crippen LogP contribution in [0.15, 0.2) is 64.0 Å². The van der Waals surface area contributed by atoms with Gasteiger partial charge in [-0.05, 0) is 101 Å². The van der Waals surface area contributed by atoms with Crippen LogP contribution in [0.5, 0.6) is 11.5 Å². The standard InChI is InChI=1S/C28H23BrCl2N2O5S/c1-3-37-23-12-18(10-20(29)26(23)38-15-25(34)32-19-6-4-5-16(2)9-19)13-24-27(35)33(28(36)39-24)14-17-7-8-21(30)22(31)11-17/h4-13H,3,14-15H2,1-2H3,(H,32,34)/b24-13-. The van der Waals surface area contributed by atoms with Crippen LogP contribution in [-0.2, 0) is 16.1 Å². The van der Waals surface area contributed by atoms with Crippen LogP contribution in [0.2, 0.25) is 10.0 Å². The molecule has 0 aliphatic carbocycles. The van der Waals surface area contributed by atoms with E-state index in [1.165, 1.54) is 0 Å². The fraction of sp³-hybridized carbons (Fsp3) is 0.179. The van der Waals surface area contributed by atoms with Crippen molar-refractivity contribution >= 4 is 79.7 Å². The lowest BCUT2D eigenvalue weighted by molar-refractivity contribution is -0.123. The van der Waals surface area contributed by atoms with Crippen LogP contribution >= 0.6 is 50.9 Å². The molecule has 1 saturated heterocycles. The van der Waals surface area contributed by atoms with Crippen LogP contribution in [0.3, 0.4) is 0 Å². The summed E-state index contributed by atoms with van der Waals surface area (Å²) in [6.07, 6.45) is 1.61. The van der Waals surface area contributed by atoms with Gasteiger partial charge in [-0.15, -0.1) is 0 Å². The Bertz CT molecular complexity index is 1480. The molecule has 3 aromatic carbocycles. The predicted molar refractivity (Wildman–Crippen MR) is 159 cm³/mol. The molecule has 0 atom stereocenters. The second-order valence-electron chi connectivity index (χ2n) is 8.49. The van der Waals surface area contributed by atoms with E-state index in [0.717, 1.165) is 22.2 Å². The molecule has 4 rings (SSSR count). The SMILES string of the molecule is CCOc1cc(/C=C2\SC(=O)N(Cc3ccc(Cl)c(Cl)c3)C2=O)cc(Br)c1OCC(=O)Nc1cccc(C)c1. The Morgan fingerprint density at radius 1 is 1.08 bits per heavy atom. The van der Waals surface area contributed by atoms with Gasteiger partial charge >= 0.3 is 0 Å². The molecule has 0 unspecified atom stereocenters. The first kappa shape index (κ1) is 29.0. The highest BCUT2D eigenvalue weighted by Crippen LogP contribution is 2.40. The lowest BCUT2D eigenvalue weighted by Gasteiger charge is -2.15. The summed E-state index contributed by atoms with van der Waals surface area (Å²) >= 11 is 16.4. The molecule has 39 heavy (non-hydrogen) atoms. The molecule has 1 aliphatic heterocycles. The van der Waals surface area contributed by atoms with E-state index in [4.69, 9.17) is 32.7 Å². The largest absolute Gasteiger partial charge is 0.490 e. The van der Waals surface area contributed by atoms with Gasteiger partial charge in [0, 0.05) is 5.69 Å². The second-order valence-corrected chi connectivity index (χ2v) is 11.1. The molecule has 11 heteroatoms. The average molecular weight is 650 g/mol. The molecule has 7 nitrogen and oxygen atoms in total. The number of imide groups is 1. The van der Waals surface area contributed by atoms with E-state index >= 15 is 0 Å². The summed E-state index contributed by atoms with van der Waals surface area (Å²) in [4.78, 5) is 39.5. The molecule has 202 valence electrons. The third-order valence-corrected chi connectivity index (χ3v) is 7.71. The predicted octanol–water partition coefficient (Wildman–Crippen LogP) is 7.72. The lowest BCUT2D eigenvalue weighted by Crippen LogP contribution is -2.27. The molecule has 1 heterocycles. The number of benzene rings is 3. The maximum atomic E-state index is 13.0. The molecule has 0 spiro atoms. The number of anilines is 1. The molecule has 0 saturated carbocycles. The molecule has 3 aromatic rings. The van der Waals surface area contributed by atoms with Gasteiger partial charge in [0.25, 0.3) is 17.1 Å². The van der Waals surface area contributed by atoms with Crippen molar-refractivity contribution in [2.45, 2.75) is 20.4 Å². The number of ether oxygens (including phenoxy) is 2. The van der Waals surface area contributed by atoms with Crippen molar-refractivity contribution in [1.82, 2.24) is 4.90 Å². The van der Waals surface area contributed by atoms with E-state index in [2.05, 4.69) is 21.2 Å². The van der Waals surface area contributed by atoms with Gasteiger partial charge in [-0.2, -0.15) is 0 Å². The smallest absolute Gasteiger partial charge is 0.293 e. The minimum absolute atomic E-state index is 0.0736. The summed E-state index contributed by atoms with van der Waals surface area (Å²) in [7, 11) is 0. The molecule has 1 N–H and O–H groups in total. The molecule has 0 radical (unpaired) electrons. The van der Waals surface area contributed by atoms with E-state index in [1.54, 1.807) is 42.5 Å². The summed E-state index contributed by atoms with van der Waals surface area (Å²) in [5.74, 6) is -0.00870. The van der Waals surface area contributed by atoms with Crippen molar-refractivity contribution in [2.24, 2.45) is 0 Å². The average Bonchev–Trinajstić information content (AvgIpc) is 3.13. The van der Waals surface area contributed by atoms with Gasteiger partial charge in [0.05, 0.1) is 32.6 Å². The Labute approximate surface area is 248 Å². The Morgan fingerprint density at radius 3 is 2.59 bits per heavy atom. The van der Waals surface area contributed by atoms with Crippen molar-refractivity contribution in [3.8, 4) is 11.5 Å². The Balaban J connectivity index is 1.49. The summed E-state index contributed by atoms with van der Waals surface area (Å²) in [6.45, 7) is 3.95. The van der Waals surface area contributed by atoms with E-state index in [-0.39, 0.29) is 29.2 Å². The molecular weight excluding hydrogens is 627 g/mol. The highest BCUT2D eigenvalue weighted by Gasteiger charge is 2.35. The van der Waals surface area contributed by atoms with Crippen LogP contribution in [0.1, 0.15) is 23.6 Å². The Hall–Kier alpha value is -2.98. The first-order valence-electron chi connectivity index (χ1n) is 11.8. The molecular formula is C28H23BrCl2N2O5S. The third kappa shape index (κ3) is 7.36. The maximum absolute atomic E-state index is 13.0. The number of nitrogens with one attached hydrogen (secondary N) is 1. The van der Waals surface area contributed by atoms with Gasteiger partial charge in [0.2, 0.25) is 0 Å². The Morgan fingerprint density at radius 2 is 1.87 bits per heavy atom. The zero-order valence-corrected chi connectivity index (χ0v) is 24.8. The number of aryl methyl sites for hydroxylation is 1. The number of carbonyl (C=O) groups is 3. The number of thioether (sulfide) groups is 1. The first-order valence-corrected chi connectivity index (χ1v) is 14.2. The lowest BCUT2D eigenvalue weighted by atomic mass is 10.1. The fourth-order valence-electron chi connectivity index (χ4n) is 3.74. The van der Waals surface area contributed by atoms with Crippen LogP contribution in [0.25, 0.3) is 6.08 Å². The number of hydrogen-bond donors (Lipinski definition) is 1. The normalized spacial score (nSPS) is 14.2. The summed E-state index contributed by atoms with van der Waals surface area (Å²) in [5, 5.41) is 3.15. The van der Waals surface area contributed by atoms with Crippen LogP contribution in [0.4, 0.5) is 10.5 Å². The highest BCUT2D eigenvalue weighted by molar-refractivity contribution is 9.10. The molecule has 0 aromatic heterocycles. The molecule has 0 bridgehead atoms. The van der Waals surface area contributed by atoms with Gasteiger partial charge < -0.3 is 14.8 Å². The molecule has 3 amide bonds. The fourth-order valence-corrected chi connectivity index (χ4v) is 5.47. The Kier molecular flexibility index (Phi) is 9.61. The van der Waals surface area contributed by atoms with Crippen molar-refractivity contribution in [3.05, 3.63) is 90.7 Å². The second kappa shape index (κ2) is 12.9. The van der Waals surface area contributed by atoms with Crippen LogP contribution in [-0.4, -0.2) is 35.2 Å². The van der Waals surface area contributed by atoms with E-state index in [0.29, 0.717) is 49.4 Å². The first-order chi connectivity index (χ1) is 18.6. The van der Waals surface area contributed by atoms with Crippen molar-refractivity contribution < 1.29 is 23.9 Å². The van der Waals surface area contributed by atoms with Gasteiger partial charge in [-0.3, -0.25) is 19.3 Å². The number of halogens is 3. The zero-order chi connectivity index (χ0) is 28.1. The van der Waals surface area contributed by atoms with Crippen LogP contribution < -0.4 is 14.8 Å². The van der Waals surface area contributed by atoms with Crippen LogP contribution in [0, 0.1) is 6.92 Å². The third-order valence-electron chi connectivity index (χ3n) is 5.48. The number of rotatable bonds is 9. The van der Waals surface area contributed by atoms with E-state index in [1.807, 2.05) is 32.0 Å². The molecule has 1 aliphatic rings.